The van der Waals surface area contributed by atoms with Gasteiger partial charge in [-0.25, -0.2) is 4.79 Å². The fraction of sp³-hybridized carbons (Fsp3) is 0.250. The number of rotatable bonds is 6. The lowest BCUT2D eigenvalue weighted by Crippen LogP contribution is -2.30. The van der Waals surface area contributed by atoms with Crippen molar-refractivity contribution in [2.24, 2.45) is 0 Å². The van der Waals surface area contributed by atoms with E-state index in [0.29, 0.717) is 24.5 Å². The maximum absolute atomic E-state index is 12.9. The first-order chi connectivity index (χ1) is 16.1. The highest BCUT2D eigenvalue weighted by Crippen LogP contribution is 2.24. The molecule has 0 amide bonds. The van der Waals surface area contributed by atoms with Crippen LogP contribution in [-0.4, -0.2) is 40.9 Å². The third-order valence-corrected chi connectivity index (χ3v) is 5.03. The zero-order valence-corrected chi connectivity index (χ0v) is 18.4. The van der Waals surface area contributed by atoms with Gasteiger partial charge in [-0.05, 0) is 40.3 Å². The highest BCUT2D eigenvalue weighted by molar-refractivity contribution is 5.77. The average molecular weight is 441 g/mol. The molecule has 0 bridgehead atoms. The maximum atomic E-state index is 12.9. The van der Waals surface area contributed by atoms with Gasteiger partial charge < -0.3 is 0 Å². The number of carbonyl (C=O) groups is 1. The van der Waals surface area contributed by atoms with Crippen LogP contribution in [0.15, 0.2) is 53.3 Å². The van der Waals surface area contributed by atoms with Gasteiger partial charge in [0.05, 0.1) is 6.54 Å². The lowest BCUT2D eigenvalue weighted by Gasteiger charge is -2.07. The van der Waals surface area contributed by atoms with Gasteiger partial charge in [-0.1, -0.05) is 62.2 Å². The molecule has 2 heterocycles. The van der Waals surface area contributed by atoms with Crippen LogP contribution in [0.4, 0.5) is 0 Å². The van der Waals surface area contributed by atoms with Gasteiger partial charge in [0.25, 0.3) is 5.91 Å². The van der Waals surface area contributed by atoms with Crippen LogP contribution in [0.5, 0.6) is 0 Å². The van der Waals surface area contributed by atoms with Crippen LogP contribution in [0.2, 0.25) is 0 Å². The first-order valence-corrected chi connectivity index (χ1v) is 10.8. The number of aromatic amines is 1. The second-order valence-electron chi connectivity index (χ2n) is 7.42. The van der Waals surface area contributed by atoms with E-state index >= 15 is 0 Å². The van der Waals surface area contributed by atoms with E-state index < -0.39 is 5.69 Å². The summed E-state index contributed by atoms with van der Waals surface area (Å²) < 4.78 is 2.38. The molecule has 0 aliphatic carbocycles. The molecule has 0 unspecified atom stereocenters. The zero-order chi connectivity index (χ0) is 23.2. The smallest absolute Gasteiger partial charge is 0.272 e. The molecule has 9 nitrogen and oxygen atoms in total. The fourth-order valence-corrected chi connectivity index (χ4v) is 3.39. The van der Waals surface area contributed by atoms with Crippen LogP contribution in [0, 0.1) is 11.8 Å². The Kier molecular flexibility index (Phi) is 6.55. The van der Waals surface area contributed by atoms with Crippen molar-refractivity contribution in [2.75, 3.05) is 0 Å². The summed E-state index contributed by atoms with van der Waals surface area (Å²) in [5, 5.41) is 18.3. The number of H-pyrrole nitrogens is 1. The minimum Gasteiger partial charge on any atom is -0.272 e. The molecule has 1 N–H and O–H groups in total. The van der Waals surface area contributed by atoms with Gasteiger partial charge in [0.1, 0.15) is 0 Å². The SMILES string of the molecule is CCC#Cc1nn(C(=O)CCC)c(=O)n1Cc1ccc(-c2cccc(-c3nn[nH]n3)c2)cc1. The molecule has 0 saturated carbocycles. The summed E-state index contributed by atoms with van der Waals surface area (Å²) in [6.07, 6.45) is 1.53. The first-order valence-electron chi connectivity index (χ1n) is 10.8. The van der Waals surface area contributed by atoms with Gasteiger partial charge in [-0.3, -0.25) is 9.36 Å². The van der Waals surface area contributed by atoms with E-state index in [1.54, 1.807) is 0 Å². The Morgan fingerprint density at radius 2 is 1.85 bits per heavy atom. The number of benzene rings is 2. The Morgan fingerprint density at radius 3 is 2.55 bits per heavy atom. The van der Waals surface area contributed by atoms with Gasteiger partial charge in [0.15, 0.2) is 0 Å². The molecule has 4 aromatic rings. The molecule has 33 heavy (non-hydrogen) atoms. The van der Waals surface area contributed by atoms with E-state index in [1.165, 1.54) is 4.57 Å². The van der Waals surface area contributed by atoms with E-state index in [1.807, 2.05) is 62.4 Å². The van der Waals surface area contributed by atoms with Crippen LogP contribution in [0.3, 0.4) is 0 Å². The van der Waals surface area contributed by atoms with Crippen molar-refractivity contribution in [1.82, 2.24) is 35.0 Å². The summed E-state index contributed by atoms with van der Waals surface area (Å²) in [5.74, 6) is 6.35. The van der Waals surface area contributed by atoms with E-state index in [9.17, 15) is 9.59 Å². The van der Waals surface area contributed by atoms with Crippen LogP contribution >= 0.6 is 0 Å². The zero-order valence-electron chi connectivity index (χ0n) is 18.4. The molecule has 0 radical (unpaired) electrons. The molecule has 4 rings (SSSR count). The third kappa shape index (κ3) is 4.80. The summed E-state index contributed by atoms with van der Waals surface area (Å²) in [7, 11) is 0. The minimum atomic E-state index is -0.467. The van der Waals surface area contributed by atoms with Crippen LogP contribution in [0.25, 0.3) is 22.5 Å². The van der Waals surface area contributed by atoms with E-state index in [2.05, 4.69) is 37.6 Å². The van der Waals surface area contributed by atoms with Crippen LogP contribution < -0.4 is 5.69 Å². The highest BCUT2D eigenvalue weighted by Gasteiger charge is 2.17. The molecule has 0 fully saturated rings. The Bertz CT molecular complexity index is 1370. The lowest BCUT2D eigenvalue weighted by atomic mass is 10.0. The van der Waals surface area contributed by atoms with Crippen molar-refractivity contribution in [3.05, 3.63) is 70.4 Å². The average Bonchev–Trinajstić information content (AvgIpc) is 3.48. The van der Waals surface area contributed by atoms with Crippen LogP contribution in [0.1, 0.15) is 49.3 Å². The van der Waals surface area contributed by atoms with Crippen molar-refractivity contribution >= 4 is 5.91 Å². The van der Waals surface area contributed by atoms with E-state index in [0.717, 1.165) is 26.9 Å². The Balaban J connectivity index is 1.61. The second kappa shape index (κ2) is 9.87. The Labute approximate surface area is 190 Å². The molecule has 2 aromatic carbocycles. The van der Waals surface area contributed by atoms with Crippen molar-refractivity contribution in [3.8, 4) is 34.4 Å². The van der Waals surface area contributed by atoms with E-state index in [-0.39, 0.29) is 18.9 Å². The summed E-state index contributed by atoms with van der Waals surface area (Å²) >= 11 is 0. The summed E-state index contributed by atoms with van der Waals surface area (Å²) in [4.78, 5) is 25.2. The molecule has 9 heteroatoms. The molecule has 0 spiro atoms. The highest BCUT2D eigenvalue weighted by atomic mass is 16.2. The topological polar surface area (TPSA) is 111 Å². The normalized spacial score (nSPS) is 10.6. The van der Waals surface area contributed by atoms with Crippen LogP contribution in [-0.2, 0) is 6.54 Å². The number of nitrogens with one attached hydrogen (secondary N) is 1. The van der Waals surface area contributed by atoms with E-state index in [4.69, 9.17) is 0 Å². The number of aromatic nitrogens is 7. The second-order valence-corrected chi connectivity index (χ2v) is 7.42. The van der Waals surface area contributed by atoms with Gasteiger partial charge in [0.2, 0.25) is 11.6 Å². The quantitative estimate of drug-likeness (QED) is 0.460. The predicted molar refractivity (Wildman–Crippen MR) is 123 cm³/mol. The predicted octanol–water partition coefficient (Wildman–Crippen LogP) is 3.14. The van der Waals surface area contributed by atoms with Crippen molar-refractivity contribution in [3.63, 3.8) is 0 Å². The number of carbonyl (C=O) groups excluding carboxylic acids is 1. The molecule has 0 atom stereocenters. The van der Waals surface area contributed by atoms with Gasteiger partial charge >= 0.3 is 5.69 Å². The summed E-state index contributed by atoms with van der Waals surface area (Å²) in [6, 6.07) is 15.7. The van der Waals surface area contributed by atoms with Gasteiger partial charge in [-0.2, -0.15) is 5.21 Å². The maximum Gasteiger partial charge on any atom is 0.354 e. The largest absolute Gasteiger partial charge is 0.354 e. The summed E-state index contributed by atoms with van der Waals surface area (Å²) in [6.45, 7) is 4.08. The molecule has 0 saturated heterocycles. The van der Waals surface area contributed by atoms with Gasteiger partial charge in [0, 0.05) is 18.4 Å². The van der Waals surface area contributed by atoms with Crippen molar-refractivity contribution in [1.29, 1.82) is 0 Å². The number of hydrogen-bond donors (Lipinski definition) is 1. The minimum absolute atomic E-state index is 0.259. The Morgan fingerprint density at radius 1 is 1.06 bits per heavy atom. The fourth-order valence-electron chi connectivity index (χ4n) is 3.39. The molecule has 0 aliphatic heterocycles. The molecule has 166 valence electrons. The Hall–Kier alpha value is -4.32. The first kappa shape index (κ1) is 21.9. The van der Waals surface area contributed by atoms with Crippen molar-refractivity contribution < 1.29 is 4.79 Å². The lowest BCUT2D eigenvalue weighted by molar-refractivity contribution is 0.0880. The number of hydrogen-bond acceptors (Lipinski definition) is 6. The number of nitrogens with zero attached hydrogens (tertiary/aromatic N) is 6. The standard InChI is InChI=1S/C24H23N7O2/c1-3-5-10-21-27-31(22(32)7-4-2)24(33)30(21)16-17-11-13-18(14-12-17)19-8-6-9-20(15-19)23-25-28-29-26-23/h6,8-9,11-15H,3-4,7,16H2,1-2H3,(H,25,26,28,29). The molecular weight excluding hydrogens is 418 g/mol. The third-order valence-electron chi connectivity index (χ3n) is 5.03. The molecule has 2 aromatic heterocycles. The molecule has 0 aliphatic rings. The van der Waals surface area contributed by atoms with Crippen molar-refractivity contribution in [2.45, 2.75) is 39.7 Å². The monoisotopic (exact) mass is 441 g/mol. The molecular formula is C24H23N7O2. The number of tetrazole rings is 1. The van der Waals surface area contributed by atoms with Gasteiger partial charge in [-0.15, -0.1) is 20.0 Å². The summed E-state index contributed by atoms with van der Waals surface area (Å²) in [5.41, 5.74) is 3.31.